The number of carbonyl (C=O) groups excluding carboxylic acids is 1. The molecule has 0 aliphatic carbocycles. The summed E-state index contributed by atoms with van der Waals surface area (Å²) < 4.78 is 1.70. The van der Waals surface area contributed by atoms with E-state index in [0.29, 0.717) is 42.0 Å². The van der Waals surface area contributed by atoms with Gasteiger partial charge in [-0.15, -0.1) is 0 Å². The summed E-state index contributed by atoms with van der Waals surface area (Å²) >= 11 is 0. The SMILES string of the molecule is CC(C)CCN(C(=O)CCc1ccccc1)C(C)c1nc2ccccc2c(=O)n1-c1ccc2ccccc2c1. The van der Waals surface area contributed by atoms with Crippen LogP contribution in [0.4, 0.5) is 0 Å². The van der Waals surface area contributed by atoms with Crippen LogP contribution in [0.1, 0.15) is 51.0 Å². The number of fused-ring (bicyclic) bond motifs is 2. The second-order valence-corrected chi connectivity index (χ2v) is 10.6. The van der Waals surface area contributed by atoms with Crippen LogP contribution in [0.15, 0.2) is 102 Å². The van der Waals surface area contributed by atoms with Crippen LogP contribution in [-0.2, 0) is 11.2 Å². The third kappa shape index (κ3) is 5.78. The second kappa shape index (κ2) is 11.6. The van der Waals surface area contributed by atoms with Gasteiger partial charge in [-0.1, -0.05) is 86.6 Å². The lowest BCUT2D eigenvalue weighted by atomic mass is 10.1. The summed E-state index contributed by atoms with van der Waals surface area (Å²) in [6.07, 6.45) is 1.95. The zero-order chi connectivity index (χ0) is 27.4. The van der Waals surface area contributed by atoms with E-state index in [-0.39, 0.29) is 11.5 Å². The van der Waals surface area contributed by atoms with E-state index in [2.05, 4.69) is 32.0 Å². The van der Waals surface area contributed by atoms with Crippen molar-refractivity contribution in [1.29, 1.82) is 0 Å². The van der Waals surface area contributed by atoms with Crippen LogP contribution in [0.5, 0.6) is 0 Å². The summed E-state index contributed by atoms with van der Waals surface area (Å²) in [5.41, 5.74) is 2.40. The molecule has 1 aromatic heterocycles. The van der Waals surface area contributed by atoms with Gasteiger partial charge in [0.15, 0.2) is 0 Å². The molecule has 1 atom stereocenters. The number of rotatable bonds is 9. The monoisotopic (exact) mass is 517 g/mol. The molecular formula is C34H35N3O2. The molecule has 0 aliphatic rings. The van der Waals surface area contributed by atoms with Crippen molar-refractivity contribution in [3.05, 3.63) is 119 Å². The van der Waals surface area contributed by atoms with Gasteiger partial charge in [0.05, 0.1) is 22.6 Å². The number of carbonyl (C=O) groups is 1. The summed E-state index contributed by atoms with van der Waals surface area (Å²) in [4.78, 5) is 34.6. The number of aryl methyl sites for hydroxylation is 1. The zero-order valence-corrected chi connectivity index (χ0v) is 22.9. The fourth-order valence-corrected chi connectivity index (χ4v) is 5.11. The fraction of sp³-hybridized carbons (Fsp3) is 0.265. The predicted molar refractivity (Wildman–Crippen MR) is 159 cm³/mol. The summed E-state index contributed by atoms with van der Waals surface area (Å²) in [6.45, 7) is 6.93. The van der Waals surface area contributed by atoms with Gasteiger partial charge in [0.2, 0.25) is 5.91 Å². The van der Waals surface area contributed by atoms with Gasteiger partial charge in [-0.25, -0.2) is 4.98 Å². The molecule has 5 nitrogen and oxygen atoms in total. The molecule has 0 radical (unpaired) electrons. The summed E-state index contributed by atoms with van der Waals surface area (Å²) in [5.74, 6) is 1.08. The van der Waals surface area contributed by atoms with Crippen LogP contribution in [0.2, 0.25) is 0 Å². The summed E-state index contributed by atoms with van der Waals surface area (Å²) in [6, 6.07) is 31.3. The highest BCUT2D eigenvalue weighted by Crippen LogP contribution is 2.26. The van der Waals surface area contributed by atoms with Gasteiger partial charge < -0.3 is 4.90 Å². The van der Waals surface area contributed by atoms with Crippen molar-refractivity contribution in [3.63, 3.8) is 0 Å². The van der Waals surface area contributed by atoms with Crippen LogP contribution >= 0.6 is 0 Å². The molecule has 0 aliphatic heterocycles. The number of aromatic nitrogens is 2. The third-order valence-electron chi connectivity index (χ3n) is 7.37. The van der Waals surface area contributed by atoms with Gasteiger partial charge in [-0.3, -0.25) is 14.2 Å². The molecule has 1 heterocycles. The van der Waals surface area contributed by atoms with Gasteiger partial charge in [-0.05, 0) is 66.3 Å². The van der Waals surface area contributed by atoms with E-state index >= 15 is 0 Å². The molecule has 0 bridgehead atoms. The van der Waals surface area contributed by atoms with Crippen molar-refractivity contribution in [2.24, 2.45) is 5.92 Å². The molecule has 198 valence electrons. The normalized spacial score (nSPS) is 12.2. The molecule has 39 heavy (non-hydrogen) atoms. The minimum Gasteiger partial charge on any atom is -0.333 e. The molecule has 0 N–H and O–H groups in total. The number of hydrogen-bond donors (Lipinski definition) is 0. The van der Waals surface area contributed by atoms with E-state index in [1.54, 1.807) is 4.57 Å². The van der Waals surface area contributed by atoms with Crippen LogP contribution in [0.3, 0.4) is 0 Å². The Morgan fingerprint density at radius 3 is 2.31 bits per heavy atom. The predicted octanol–water partition coefficient (Wildman–Crippen LogP) is 7.11. The molecule has 5 aromatic rings. The van der Waals surface area contributed by atoms with Crippen molar-refractivity contribution in [2.75, 3.05) is 6.54 Å². The molecule has 5 rings (SSSR count). The standard InChI is InChI=1S/C34H35N3O2/c1-24(2)21-22-36(32(38)20-17-26-11-5-4-6-12-26)25(3)33-35-31-16-10-9-15-30(31)34(39)37(33)29-19-18-27-13-7-8-14-28(27)23-29/h4-16,18-19,23-25H,17,20-22H2,1-3H3. The molecule has 1 unspecified atom stereocenters. The van der Waals surface area contributed by atoms with Crippen molar-refractivity contribution in [3.8, 4) is 5.69 Å². The molecule has 0 saturated carbocycles. The zero-order valence-electron chi connectivity index (χ0n) is 22.9. The second-order valence-electron chi connectivity index (χ2n) is 10.6. The van der Waals surface area contributed by atoms with E-state index in [0.717, 1.165) is 28.4 Å². The number of nitrogens with zero attached hydrogens (tertiary/aromatic N) is 3. The first-order chi connectivity index (χ1) is 18.9. The van der Waals surface area contributed by atoms with Crippen molar-refractivity contribution < 1.29 is 4.79 Å². The van der Waals surface area contributed by atoms with Gasteiger partial charge in [-0.2, -0.15) is 0 Å². The Kier molecular flexibility index (Phi) is 7.87. The Bertz CT molecular complexity index is 1660. The maximum Gasteiger partial charge on any atom is 0.266 e. The molecule has 1 amide bonds. The largest absolute Gasteiger partial charge is 0.333 e. The number of benzene rings is 4. The third-order valence-corrected chi connectivity index (χ3v) is 7.37. The first-order valence-electron chi connectivity index (χ1n) is 13.8. The quantitative estimate of drug-likeness (QED) is 0.209. The molecule has 5 heteroatoms. The highest BCUT2D eigenvalue weighted by atomic mass is 16.2. The van der Waals surface area contributed by atoms with Crippen LogP contribution in [-0.4, -0.2) is 26.9 Å². The Balaban J connectivity index is 1.60. The minimum absolute atomic E-state index is 0.0690. The lowest BCUT2D eigenvalue weighted by Crippen LogP contribution is -2.38. The van der Waals surface area contributed by atoms with Crippen molar-refractivity contribution >= 4 is 27.6 Å². The minimum atomic E-state index is -0.393. The van der Waals surface area contributed by atoms with E-state index in [4.69, 9.17) is 4.98 Å². The van der Waals surface area contributed by atoms with E-state index < -0.39 is 6.04 Å². The lowest BCUT2D eigenvalue weighted by Gasteiger charge is -2.31. The Hall–Kier alpha value is -4.25. The molecule has 4 aromatic carbocycles. The van der Waals surface area contributed by atoms with Crippen LogP contribution in [0, 0.1) is 5.92 Å². The average Bonchev–Trinajstić information content (AvgIpc) is 2.96. The fourth-order valence-electron chi connectivity index (χ4n) is 5.11. The van der Waals surface area contributed by atoms with Crippen LogP contribution < -0.4 is 5.56 Å². The van der Waals surface area contributed by atoms with E-state index in [1.807, 2.05) is 90.7 Å². The highest BCUT2D eigenvalue weighted by molar-refractivity contribution is 5.85. The lowest BCUT2D eigenvalue weighted by molar-refractivity contribution is -0.133. The molecular weight excluding hydrogens is 482 g/mol. The van der Waals surface area contributed by atoms with E-state index in [9.17, 15) is 9.59 Å². The topological polar surface area (TPSA) is 55.2 Å². The molecule has 0 spiro atoms. The maximum absolute atomic E-state index is 14.0. The smallest absolute Gasteiger partial charge is 0.266 e. The number of amides is 1. The van der Waals surface area contributed by atoms with Crippen molar-refractivity contribution in [1.82, 2.24) is 14.5 Å². The first kappa shape index (κ1) is 26.4. The Morgan fingerprint density at radius 2 is 1.54 bits per heavy atom. The van der Waals surface area contributed by atoms with Gasteiger partial charge in [0.1, 0.15) is 5.82 Å². The summed E-state index contributed by atoms with van der Waals surface area (Å²) in [7, 11) is 0. The van der Waals surface area contributed by atoms with Crippen molar-refractivity contribution in [2.45, 2.75) is 46.1 Å². The maximum atomic E-state index is 14.0. The average molecular weight is 518 g/mol. The van der Waals surface area contributed by atoms with Crippen LogP contribution in [0.25, 0.3) is 27.4 Å². The molecule has 0 saturated heterocycles. The summed E-state index contributed by atoms with van der Waals surface area (Å²) in [5, 5.41) is 2.71. The molecule has 0 fully saturated rings. The van der Waals surface area contributed by atoms with Gasteiger partial charge in [0, 0.05) is 13.0 Å². The Morgan fingerprint density at radius 1 is 0.846 bits per heavy atom. The number of para-hydroxylation sites is 1. The van der Waals surface area contributed by atoms with Gasteiger partial charge in [0.25, 0.3) is 5.56 Å². The highest BCUT2D eigenvalue weighted by Gasteiger charge is 2.27. The number of hydrogen-bond acceptors (Lipinski definition) is 3. The van der Waals surface area contributed by atoms with Gasteiger partial charge >= 0.3 is 0 Å². The first-order valence-corrected chi connectivity index (χ1v) is 13.8. The van der Waals surface area contributed by atoms with E-state index in [1.165, 1.54) is 0 Å². The Labute approximate surface area is 229 Å².